The van der Waals surface area contributed by atoms with Gasteiger partial charge in [0.15, 0.2) is 0 Å². The Bertz CT molecular complexity index is 579. The van der Waals surface area contributed by atoms with Gasteiger partial charge in [0.25, 0.3) is 5.91 Å². The van der Waals surface area contributed by atoms with Crippen LogP contribution in [0.15, 0.2) is 18.2 Å². The van der Waals surface area contributed by atoms with E-state index >= 15 is 0 Å². The van der Waals surface area contributed by atoms with Crippen LogP contribution >= 0.6 is 11.8 Å². The predicted molar refractivity (Wildman–Crippen MR) is 75.0 cm³/mol. The van der Waals surface area contributed by atoms with Crippen LogP contribution in [0.2, 0.25) is 0 Å². The zero-order valence-corrected chi connectivity index (χ0v) is 12.4. The minimum absolute atomic E-state index is 0.0202. The average Bonchev–Trinajstić information content (AvgIpc) is 2.82. The van der Waals surface area contributed by atoms with Crippen molar-refractivity contribution in [2.45, 2.75) is 25.3 Å². The molecule has 4 nitrogen and oxygen atoms in total. The predicted octanol–water partition coefficient (Wildman–Crippen LogP) is 2.59. The minimum Gasteiger partial charge on any atom is -0.480 e. The smallest absolute Gasteiger partial charge is 0.327 e. The van der Waals surface area contributed by atoms with Crippen molar-refractivity contribution in [1.29, 1.82) is 0 Å². The molecule has 1 heterocycles. The van der Waals surface area contributed by atoms with Gasteiger partial charge < -0.3 is 10.0 Å². The molecule has 21 heavy (non-hydrogen) atoms. The molecule has 114 valence electrons. The molecule has 0 aliphatic carbocycles. The van der Waals surface area contributed by atoms with E-state index in [-0.39, 0.29) is 22.6 Å². The zero-order chi connectivity index (χ0) is 15.7. The van der Waals surface area contributed by atoms with E-state index in [1.165, 1.54) is 16.7 Å². The lowest BCUT2D eigenvalue weighted by Crippen LogP contribution is -2.47. The molecule has 1 aromatic rings. The van der Waals surface area contributed by atoms with Crippen LogP contribution < -0.4 is 0 Å². The maximum Gasteiger partial charge on any atom is 0.327 e. The number of carboxylic acids is 1. The molecular weight excluding hydrogens is 300 g/mol. The Balaban J connectivity index is 2.39. The molecule has 2 atom stereocenters. The number of carbonyl (C=O) groups is 2. The summed E-state index contributed by atoms with van der Waals surface area (Å²) in [6, 6.07) is 1.65. The fourth-order valence-corrected chi connectivity index (χ4v) is 3.76. The molecule has 2 rings (SSSR count). The molecule has 0 saturated carbocycles. The summed E-state index contributed by atoms with van der Waals surface area (Å²) in [4.78, 5) is 25.0. The molecule has 1 amide bonds. The van der Waals surface area contributed by atoms with Gasteiger partial charge >= 0.3 is 5.97 Å². The highest BCUT2D eigenvalue weighted by molar-refractivity contribution is 8.00. The van der Waals surface area contributed by atoms with Crippen LogP contribution in [0.25, 0.3) is 0 Å². The monoisotopic (exact) mass is 315 g/mol. The van der Waals surface area contributed by atoms with Gasteiger partial charge in [-0.1, -0.05) is 13.8 Å². The van der Waals surface area contributed by atoms with Gasteiger partial charge in [-0.25, -0.2) is 13.6 Å². The fraction of sp³-hybridized carbons (Fsp3) is 0.429. The highest BCUT2D eigenvalue weighted by Gasteiger charge is 2.43. The second-order valence-electron chi connectivity index (χ2n) is 5.16. The van der Waals surface area contributed by atoms with E-state index < -0.39 is 29.6 Å². The van der Waals surface area contributed by atoms with E-state index in [4.69, 9.17) is 0 Å². The van der Waals surface area contributed by atoms with E-state index in [0.29, 0.717) is 6.07 Å². The van der Waals surface area contributed by atoms with Gasteiger partial charge in [-0.2, -0.15) is 0 Å². The molecule has 1 aliphatic heterocycles. The molecule has 1 aromatic carbocycles. The number of carbonyl (C=O) groups excluding carboxylic acids is 1. The van der Waals surface area contributed by atoms with Gasteiger partial charge in [0.1, 0.15) is 17.7 Å². The molecular formula is C14H15F2NO3S. The Morgan fingerprint density at radius 1 is 1.38 bits per heavy atom. The average molecular weight is 315 g/mol. The second-order valence-corrected chi connectivity index (χ2v) is 6.31. The van der Waals surface area contributed by atoms with Crippen LogP contribution in [0.4, 0.5) is 8.78 Å². The summed E-state index contributed by atoms with van der Waals surface area (Å²) in [6.07, 6.45) is 0. The summed E-state index contributed by atoms with van der Waals surface area (Å²) >= 11 is 1.35. The van der Waals surface area contributed by atoms with Gasteiger partial charge in [0.05, 0.1) is 10.9 Å². The number of thioether (sulfide) groups is 1. The first-order valence-electron chi connectivity index (χ1n) is 6.45. The number of hydrogen-bond donors (Lipinski definition) is 1. The standard InChI is InChI=1S/C14H15F2NO3S/c1-7(2)13-17(11(6-21-13)14(19)20)12(18)9-4-3-8(15)5-10(9)16/h3-5,7,11,13H,6H2,1-2H3,(H,19,20). The summed E-state index contributed by atoms with van der Waals surface area (Å²) in [7, 11) is 0. The van der Waals surface area contributed by atoms with Crippen molar-refractivity contribution >= 4 is 23.6 Å². The van der Waals surface area contributed by atoms with Gasteiger partial charge in [0, 0.05) is 11.8 Å². The summed E-state index contributed by atoms with van der Waals surface area (Å²) in [5.41, 5.74) is -0.309. The largest absolute Gasteiger partial charge is 0.480 e. The van der Waals surface area contributed by atoms with Crippen molar-refractivity contribution in [3.05, 3.63) is 35.4 Å². The number of hydrogen-bond acceptors (Lipinski definition) is 3. The number of amides is 1. The van der Waals surface area contributed by atoms with Gasteiger partial charge in [0.2, 0.25) is 0 Å². The number of rotatable bonds is 3. The molecule has 7 heteroatoms. The van der Waals surface area contributed by atoms with E-state index in [0.717, 1.165) is 12.1 Å². The van der Waals surface area contributed by atoms with Crippen LogP contribution in [-0.2, 0) is 4.79 Å². The third-order valence-corrected chi connectivity index (χ3v) is 4.91. The summed E-state index contributed by atoms with van der Waals surface area (Å²) in [5, 5.41) is 8.89. The number of halogens is 2. The Labute approximate surface area is 125 Å². The van der Waals surface area contributed by atoms with E-state index in [1.807, 2.05) is 13.8 Å². The number of benzene rings is 1. The number of aliphatic carboxylic acids is 1. The first kappa shape index (κ1) is 15.8. The van der Waals surface area contributed by atoms with E-state index in [1.54, 1.807) is 0 Å². The molecule has 1 N–H and O–H groups in total. The summed E-state index contributed by atoms with van der Waals surface area (Å²) in [6.45, 7) is 3.73. The molecule has 0 aromatic heterocycles. The van der Waals surface area contributed by atoms with Gasteiger partial charge in [-0.15, -0.1) is 11.8 Å². The van der Waals surface area contributed by atoms with Crippen LogP contribution in [-0.4, -0.2) is 39.1 Å². The second kappa shape index (κ2) is 6.01. The van der Waals surface area contributed by atoms with Crippen LogP contribution in [0, 0.1) is 17.6 Å². The molecule has 0 bridgehead atoms. The SMILES string of the molecule is CC(C)C1SCC(C(=O)O)N1C(=O)c1ccc(F)cc1F. The first-order valence-corrected chi connectivity index (χ1v) is 7.50. The lowest BCUT2D eigenvalue weighted by atomic mass is 10.1. The number of carboxylic acid groups (broad SMARTS) is 1. The number of nitrogens with zero attached hydrogens (tertiary/aromatic N) is 1. The lowest BCUT2D eigenvalue weighted by molar-refractivity contribution is -0.141. The maximum absolute atomic E-state index is 13.8. The normalized spacial score (nSPS) is 21.9. The summed E-state index contributed by atoms with van der Waals surface area (Å²) < 4.78 is 26.7. The fourth-order valence-electron chi connectivity index (χ4n) is 2.29. The highest BCUT2D eigenvalue weighted by Crippen LogP contribution is 2.35. The molecule has 2 unspecified atom stereocenters. The van der Waals surface area contributed by atoms with Crippen molar-refractivity contribution in [3.8, 4) is 0 Å². The Morgan fingerprint density at radius 3 is 2.57 bits per heavy atom. The highest BCUT2D eigenvalue weighted by atomic mass is 32.2. The molecule has 0 spiro atoms. The third kappa shape index (κ3) is 3.02. The zero-order valence-electron chi connectivity index (χ0n) is 11.5. The Kier molecular flexibility index (Phi) is 4.51. The Morgan fingerprint density at radius 2 is 2.05 bits per heavy atom. The van der Waals surface area contributed by atoms with E-state index in [2.05, 4.69) is 0 Å². The summed E-state index contributed by atoms with van der Waals surface area (Å²) in [5.74, 6) is -3.33. The minimum atomic E-state index is -1.12. The van der Waals surface area contributed by atoms with Crippen LogP contribution in [0.5, 0.6) is 0 Å². The van der Waals surface area contributed by atoms with Crippen molar-refractivity contribution in [1.82, 2.24) is 4.90 Å². The maximum atomic E-state index is 13.8. The third-order valence-electron chi connectivity index (χ3n) is 3.29. The topological polar surface area (TPSA) is 57.6 Å². The van der Waals surface area contributed by atoms with Crippen molar-refractivity contribution < 1.29 is 23.5 Å². The molecule has 0 radical (unpaired) electrons. The van der Waals surface area contributed by atoms with E-state index in [9.17, 15) is 23.5 Å². The first-order chi connectivity index (χ1) is 9.82. The van der Waals surface area contributed by atoms with Crippen molar-refractivity contribution in [2.24, 2.45) is 5.92 Å². The molecule has 1 saturated heterocycles. The van der Waals surface area contributed by atoms with Crippen molar-refractivity contribution in [3.63, 3.8) is 0 Å². The Hall–Kier alpha value is -1.63. The van der Waals surface area contributed by atoms with Crippen molar-refractivity contribution in [2.75, 3.05) is 5.75 Å². The van der Waals surface area contributed by atoms with Gasteiger partial charge in [-0.3, -0.25) is 4.79 Å². The molecule has 1 aliphatic rings. The quantitative estimate of drug-likeness (QED) is 0.931. The molecule has 1 fully saturated rings. The van der Waals surface area contributed by atoms with Crippen LogP contribution in [0.1, 0.15) is 24.2 Å². The lowest BCUT2D eigenvalue weighted by Gasteiger charge is -2.29. The van der Waals surface area contributed by atoms with Crippen LogP contribution in [0.3, 0.4) is 0 Å². The van der Waals surface area contributed by atoms with Gasteiger partial charge in [-0.05, 0) is 18.1 Å².